The third-order valence-electron chi connectivity index (χ3n) is 4.02. The van der Waals surface area contributed by atoms with Crippen LogP contribution in [0.1, 0.15) is 17.9 Å². The molecule has 2 N–H and O–H groups in total. The number of hydrogen-bond donors (Lipinski definition) is 2. The number of hydrogen-bond acceptors (Lipinski definition) is 3. The molecule has 2 rings (SSSR count). The maximum Gasteiger partial charge on any atom is 0.405 e. The Kier molecular flexibility index (Phi) is 5.66. The molecular formula is C16H17F3N2O4. The second kappa shape index (κ2) is 7.54. The van der Waals surface area contributed by atoms with Gasteiger partial charge in [-0.05, 0) is 5.56 Å². The van der Waals surface area contributed by atoms with Crippen molar-refractivity contribution in [3.63, 3.8) is 0 Å². The van der Waals surface area contributed by atoms with E-state index < -0.39 is 48.8 Å². The van der Waals surface area contributed by atoms with Gasteiger partial charge in [0.05, 0.1) is 5.92 Å². The summed E-state index contributed by atoms with van der Waals surface area (Å²) >= 11 is 0. The molecule has 1 fully saturated rings. The van der Waals surface area contributed by atoms with Crippen molar-refractivity contribution in [2.45, 2.75) is 18.5 Å². The van der Waals surface area contributed by atoms with Crippen LogP contribution in [-0.4, -0.2) is 53.6 Å². The summed E-state index contributed by atoms with van der Waals surface area (Å²) < 4.78 is 36.2. The van der Waals surface area contributed by atoms with Gasteiger partial charge in [0.15, 0.2) is 0 Å². The molecule has 1 aromatic carbocycles. The minimum Gasteiger partial charge on any atom is -0.481 e. The van der Waals surface area contributed by atoms with Crippen molar-refractivity contribution >= 4 is 17.8 Å². The van der Waals surface area contributed by atoms with E-state index in [2.05, 4.69) is 0 Å². The molecule has 2 amide bonds. The Morgan fingerprint density at radius 1 is 1.16 bits per heavy atom. The van der Waals surface area contributed by atoms with Gasteiger partial charge < -0.3 is 15.3 Å². The Labute approximate surface area is 141 Å². The van der Waals surface area contributed by atoms with Gasteiger partial charge in [0.1, 0.15) is 13.0 Å². The summed E-state index contributed by atoms with van der Waals surface area (Å²) in [6.07, 6.45) is -5.30. The number of alkyl halides is 3. The van der Waals surface area contributed by atoms with Gasteiger partial charge in [-0.2, -0.15) is 13.2 Å². The summed E-state index contributed by atoms with van der Waals surface area (Å²) in [5.41, 5.74) is 0.756. The van der Waals surface area contributed by atoms with Crippen LogP contribution >= 0.6 is 0 Å². The van der Waals surface area contributed by atoms with Crippen molar-refractivity contribution in [3.05, 3.63) is 35.9 Å². The molecule has 0 aliphatic carbocycles. The molecule has 6 nitrogen and oxygen atoms in total. The summed E-state index contributed by atoms with van der Waals surface area (Å²) in [5.74, 6) is -4.06. The highest BCUT2D eigenvalue weighted by molar-refractivity contribution is 5.97. The smallest absolute Gasteiger partial charge is 0.405 e. The third-order valence-corrected chi connectivity index (χ3v) is 4.02. The standard InChI is InChI=1S/C16H17F3N2O4/c17-16(18,19)9-20-13(22)6-14(23)21-7-11(12(8-21)15(24)25)10-4-2-1-3-5-10/h1-5,11-12H,6-9H2,(H,20,22)(H,24,25)/t11-,12-/m1/s1. The lowest BCUT2D eigenvalue weighted by Gasteiger charge is -2.16. The number of carbonyl (C=O) groups excluding carboxylic acids is 2. The average Bonchev–Trinajstić information content (AvgIpc) is 2.99. The van der Waals surface area contributed by atoms with E-state index in [0.29, 0.717) is 0 Å². The molecule has 0 spiro atoms. The molecule has 0 unspecified atom stereocenters. The van der Waals surface area contributed by atoms with Crippen molar-refractivity contribution < 1.29 is 32.7 Å². The lowest BCUT2D eigenvalue weighted by Crippen LogP contribution is -2.38. The molecule has 25 heavy (non-hydrogen) atoms. The highest BCUT2D eigenvalue weighted by Crippen LogP contribution is 2.33. The van der Waals surface area contributed by atoms with Crippen LogP contribution in [0.25, 0.3) is 0 Å². The third kappa shape index (κ3) is 5.20. The van der Waals surface area contributed by atoms with Gasteiger partial charge in [-0.15, -0.1) is 0 Å². The number of aliphatic carboxylic acids is 1. The van der Waals surface area contributed by atoms with Crippen LogP contribution in [0, 0.1) is 5.92 Å². The lowest BCUT2D eigenvalue weighted by atomic mass is 9.89. The number of halogens is 3. The van der Waals surface area contributed by atoms with E-state index in [1.54, 1.807) is 35.6 Å². The molecule has 1 heterocycles. The van der Waals surface area contributed by atoms with Gasteiger partial charge in [0.2, 0.25) is 11.8 Å². The summed E-state index contributed by atoms with van der Waals surface area (Å²) in [6.45, 7) is -1.49. The molecule has 0 radical (unpaired) electrons. The van der Waals surface area contributed by atoms with Crippen LogP contribution in [0.15, 0.2) is 30.3 Å². The maximum absolute atomic E-state index is 12.1. The highest BCUT2D eigenvalue weighted by atomic mass is 19.4. The second-order valence-electron chi connectivity index (χ2n) is 5.83. The van der Waals surface area contributed by atoms with Crippen molar-refractivity contribution in [2.24, 2.45) is 5.92 Å². The number of carboxylic acid groups (broad SMARTS) is 1. The van der Waals surface area contributed by atoms with Crippen LogP contribution in [0.5, 0.6) is 0 Å². The van der Waals surface area contributed by atoms with Gasteiger partial charge in [-0.25, -0.2) is 0 Å². The zero-order valence-corrected chi connectivity index (χ0v) is 13.1. The molecule has 1 aromatic rings. The molecule has 0 saturated carbocycles. The van der Waals surface area contributed by atoms with E-state index in [9.17, 15) is 32.7 Å². The summed E-state index contributed by atoms with van der Waals surface area (Å²) in [5, 5.41) is 11.0. The lowest BCUT2D eigenvalue weighted by molar-refractivity contribution is -0.143. The molecular weight excluding hydrogens is 341 g/mol. The average molecular weight is 358 g/mol. The van der Waals surface area contributed by atoms with E-state index in [1.165, 1.54) is 4.90 Å². The number of rotatable bonds is 5. The summed E-state index contributed by atoms with van der Waals surface area (Å²) in [6, 6.07) is 8.80. The zero-order chi connectivity index (χ0) is 18.6. The molecule has 0 bridgehead atoms. The van der Waals surface area contributed by atoms with E-state index in [-0.39, 0.29) is 13.1 Å². The Balaban J connectivity index is 1.99. The van der Waals surface area contributed by atoms with E-state index in [4.69, 9.17) is 0 Å². The number of nitrogens with one attached hydrogen (secondary N) is 1. The van der Waals surface area contributed by atoms with Crippen LogP contribution in [0.3, 0.4) is 0 Å². The van der Waals surface area contributed by atoms with Crippen LogP contribution in [0.4, 0.5) is 13.2 Å². The van der Waals surface area contributed by atoms with Gasteiger partial charge in [0, 0.05) is 19.0 Å². The highest BCUT2D eigenvalue weighted by Gasteiger charge is 2.40. The summed E-state index contributed by atoms with van der Waals surface area (Å²) in [4.78, 5) is 36.2. The molecule has 1 saturated heterocycles. The normalized spacial score (nSPS) is 20.4. The Morgan fingerprint density at radius 2 is 1.80 bits per heavy atom. The molecule has 1 aliphatic heterocycles. The van der Waals surface area contributed by atoms with Crippen LogP contribution in [-0.2, 0) is 14.4 Å². The first-order chi connectivity index (χ1) is 11.7. The molecule has 2 atom stereocenters. The van der Waals surface area contributed by atoms with Gasteiger partial charge in [-0.3, -0.25) is 14.4 Å². The fourth-order valence-electron chi connectivity index (χ4n) is 2.81. The number of carbonyl (C=O) groups is 3. The van der Waals surface area contributed by atoms with Gasteiger partial charge in [-0.1, -0.05) is 30.3 Å². The molecule has 1 aliphatic rings. The number of carboxylic acids is 1. The molecule has 9 heteroatoms. The minimum atomic E-state index is -4.56. The number of amides is 2. The first-order valence-electron chi connectivity index (χ1n) is 7.56. The topological polar surface area (TPSA) is 86.7 Å². The number of benzene rings is 1. The predicted octanol–water partition coefficient (Wildman–Crippen LogP) is 1.38. The van der Waals surface area contributed by atoms with Crippen LogP contribution < -0.4 is 5.32 Å². The minimum absolute atomic E-state index is 0.0831. The maximum atomic E-state index is 12.1. The van der Waals surface area contributed by atoms with Crippen molar-refractivity contribution in [1.29, 1.82) is 0 Å². The molecule has 136 valence electrons. The quantitative estimate of drug-likeness (QED) is 0.779. The largest absolute Gasteiger partial charge is 0.481 e. The Hall–Kier alpha value is -2.58. The SMILES string of the molecule is O=C(CC(=O)N1C[C@H](c2ccccc2)[C@H](C(=O)O)C1)NCC(F)(F)F. The van der Waals surface area contributed by atoms with E-state index in [0.717, 1.165) is 5.56 Å². The fraction of sp³-hybridized carbons (Fsp3) is 0.438. The van der Waals surface area contributed by atoms with Crippen molar-refractivity contribution in [2.75, 3.05) is 19.6 Å². The first kappa shape index (κ1) is 18.8. The fourth-order valence-corrected chi connectivity index (χ4v) is 2.81. The number of nitrogens with zero attached hydrogens (tertiary/aromatic N) is 1. The number of likely N-dealkylation sites (tertiary alicyclic amines) is 1. The predicted molar refractivity (Wildman–Crippen MR) is 80.6 cm³/mol. The van der Waals surface area contributed by atoms with Gasteiger partial charge in [0.25, 0.3) is 0 Å². The Bertz CT molecular complexity index is 649. The first-order valence-corrected chi connectivity index (χ1v) is 7.56. The monoisotopic (exact) mass is 358 g/mol. The van der Waals surface area contributed by atoms with E-state index in [1.807, 2.05) is 0 Å². The molecule has 0 aromatic heterocycles. The van der Waals surface area contributed by atoms with Crippen LogP contribution in [0.2, 0.25) is 0 Å². The van der Waals surface area contributed by atoms with E-state index >= 15 is 0 Å². The van der Waals surface area contributed by atoms with Crippen molar-refractivity contribution in [3.8, 4) is 0 Å². The van der Waals surface area contributed by atoms with Crippen molar-refractivity contribution in [1.82, 2.24) is 10.2 Å². The zero-order valence-electron chi connectivity index (χ0n) is 13.1. The second-order valence-corrected chi connectivity index (χ2v) is 5.83. The van der Waals surface area contributed by atoms with Gasteiger partial charge >= 0.3 is 12.1 Å². The summed E-state index contributed by atoms with van der Waals surface area (Å²) in [7, 11) is 0. The Morgan fingerprint density at radius 3 is 2.36 bits per heavy atom.